The Bertz CT molecular complexity index is 1440. The molecule has 1 fully saturated rings. The van der Waals surface area contributed by atoms with Crippen molar-refractivity contribution >= 4 is 34.6 Å². The molecule has 3 aromatic rings. The van der Waals surface area contributed by atoms with Crippen molar-refractivity contribution in [1.29, 1.82) is 0 Å². The standard InChI is InChI=1S/C27H26N4O6/c1-15(30-10-4-5-26(30)32)19-13-21-22(14-24(19)36-2)29-27(33)18-8-6-16(11-20(18)28-21)17-7-9-23(31(34)35)25(12-17)37-3/h6-9,11-15,28H,4-5,10H2,1-3H3,(H,29,33). The molecule has 2 N–H and O–H groups in total. The van der Waals surface area contributed by atoms with Crippen LogP contribution in [0.1, 0.15) is 41.7 Å². The largest absolute Gasteiger partial charge is 0.496 e. The SMILES string of the molecule is COc1cc2c(cc1C(C)N1CCCC1=O)Nc1cc(-c3ccc([N+](=O)[O-])c(OC)c3)ccc1C(=O)N2. The Hall–Kier alpha value is -4.60. The molecule has 10 nitrogen and oxygen atoms in total. The molecule has 1 saturated heterocycles. The lowest BCUT2D eigenvalue weighted by atomic mass is 10.0. The van der Waals surface area contributed by atoms with Crippen LogP contribution in [0, 0.1) is 10.1 Å². The van der Waals surface area contributed by atoms with E-state index in [0.717, 1.165) is 17.5 Å². The molecule has 0 aliphatic carbocycles. The molecule has 0 radical (unpaired) electrons. The summed E-state index contributed by atoms with van der Waals surface area (Å²) in [5.74, 6) is 0.555. The van der Waals surface area contributed by atoms with Crippen molar-refractivity contribution in [3.8, 4) is 22.6 Å². The highest BCUT2D eigenvalue weighted by Gasteiger charge is 2.30. The van der Waals surface area contributed by atoms with Gasteiger partial charge >= 0.3 is 5.69 Å². The van der Waals surface area contributed by atoms with Crippen LogP contribution < -0.4 is 20.1 Å². The number of nitro benzene ring substituents is 1. The number of carbonyl (C=O) groups excluding carboxylic acids is 2. The second kappa shape index (κ2) is 9.45. The van der Waals surface area contributed by atoms with Gasteiger partial charge < -0.3 is 25.0 Å². The quantitative estimate of drug-likeness (QED) is 0.348. The second-order valence-corrected chi connectivity index (χ2v) is 8.99. The van der Waals surface area contributed by atoms with Gasteiger partial charge in [-0.25, -0.2) is 0 Å². The van der Waals surface area contributed by atoms with E-state index in [9.17, 15) is 19.7 Å². The number of amides is 2. The predicted octanol–water partition coefficient (Wildman–Crippen LogP) is 5.27. The fourth-order valence-electron chi connectivity index (χ4n) is 4.92. The molecule has 2 heterocycles. The highest BCUT2D eigenvalue weighted by molar-refractivity contribution is 6.12. The minimum Gasteiger partial charge on any atom is -0.496 e. The number of nitro groups is 1. The molecular formula is C27H26N4O6. The van der Waals surface area contributed by atoms with Gasteiger partial charge in [-0.05, 0) is 54.8 Å². The van der Waals surface area contributed by atoms with Crippen LogP contribution in [0.5, 0.6) is 11.5 Å². The molecule has 0 spiro atoms. The van der Waals surface area contributed by atoms with Gasteiger partial charge in [0.1, 0.15) is 5.75 Å². The van der Waals surface area contributed by atoms with Crippen molar-refractivity contribution in [1.82, 2.24) is 4.90 Å². The fourth-order valence-corrected chi connectivity index (χ4v) is 4.92. The van der Waals surface area contributed by atoms with Crippen LogP contribution >= 0.6 is 0 Å². The summed E-state index contributed by atoms with van der Waals surface area (Å²) in [6, 6.07) is 13.4. The maximum atomic E-state index is 13.1. The molecule has 37 heavy (non-hydrogen) atoms. The third kappa shape index (κ3) is 4.31. The van der Waals surface area contributed by atoms with Gasteiger partial charge in [0.15, 0.2) is 5.75 Å². The molecule has 0 aromatic heterocycles. The van der Waals surface area contributed by atoms with E-state index in [-0.39, 0.29) is 29.3 Å². The first-order valence-electron chi connectivity index (χ1n) is 11.9. The van der Waals surface area contributed by atoms with Gasteiger partial charge in [0.05, 0.1) is 47.8 Å². The summed E-state index contributed by atoms with van der Waals surface area (Å²) in [5, 5.41) is 17.6. The molecule has 190 valence electrons. The Labute approximate surface area is 213 Å². The number of likely N-dealkylation sites (tertiary alicyclic amines) is 1. The van der Waals surface area contributed by atoms with Crippen molar-refractivity contribution in [2.45, 2.75) is 25.8 Å². The fraction of sp³-hybridized carbons (Fsp3) is 0.259. The predicted molar refractivity (Wildman–Crippen MR) is 139 cm³/mol. The minimum absolute atomic E-state index is 0.110. The number of nitrogens with one attached hydrogen (secondary N) is 2. The molecule has 0 bridgehead atoms. The highest BCUT2D eigenvalue weighted by atomic mass is 16.6. The zero-order valence-electron chi connectivity index (χ0n) is 20.7. The smallest absolute Gasteiger partial charge is 0.310 e. The summed E-state index contributed by atoms with van der Waals surface area (Å²) in [6.45, 7) is 2.66. The summed E-state index contributed by atoms with van der Waals surface area (Å²) in [7, 11) is 2.95. The van der Waals surface area contributed by atoms with Crippen molar-refractivity contribution in [3.63, 3.8) is 0 Å². The van der Waals surface area contributed by atoms with Gasteiger partial charge in [0.25, 0.3) is 5.91 Å². The molecule has 10 heteroatoms. The van der Waals surface area contributed by atoms with Crippen LogP contribution in [0.15, 0.2) is 48.5 Å². The van der Waals surface area contributed by atoms with Gasteiger partial charge in [-0.3, -0.25) is 19.7 Å². The average molecular weight is 503 g/mol. The van der Waals surface area contributed by atoms with E-state index in [1.165, 1.54) is 13.2 Å². The number of carbonyl (C=O) groups is 2. The third-order valence-electron chi connectivity index (χ3n) is 6.89. The van der Waals surface area contributed by atoms with Crippen LogP contribution in [-0.2, 0) is 4.79 Å². The van der Waals surface area contributed by atoms with Crippen LogP contribution in [0.2, 0.25) is 0 Å². The van der Waals surface area contributed by atoms with Gasteiger partial charge in [0, 0.05) is 30.7 Å². The maximum Gasteiger partial charge on any atom is 0.310 e. The van der Waals surface area contributed by atoms with Crippen LogP contribution in [0.25, 0.3) is 11.1 Å². The average Bonchev–Trinajstić information content (AvgIpc) is 3.28. The van der Waals surface area contributed by atoms with Gasteiger partial charge in [-0.2, -0.15) is 0 Å². The van der Waals surface area contributed by atoms with Crippen molar-refractivity contribution in [3.05, 3.63) is 69.8 Å². The number of benzene rings is 3. The lowest BCUT2D eigenvalue weighted by Crippen LogP contribution is -2.28. The number of ether oxygens (including phenoxy) is 2. The Morgan fingerprint density at radius 1 is 0.919 bits per heavy atom. The van der Waals surface area contributed by atoms with Crippen molar-refractivity contribution in [2.75, 3.05) is 31.4 Å². The zero-order chi connectivity index (χ0) is 26.3. The normalized spacial score (nSPS) is 15.2. The van der Waals surface area contributed by atoms with E-state index >= 15 is 0 Å². The van der Waals surface area contributed by atoms with E-state index < -0.39 is 4.92 Å². The second-order valence-electron chi connectivity index (χ2n) is 8.99. The van der Waals surface area contributed by atoms with Crippen LogP contribution in [0.3, 0.4) is 0 Å². The number of fused-ring (bicyclic) bond motifs is 2. The van der Waals surface area contributed by atoms with E-state index in [0.29, 0.717) is 46.9 Å². The summed E-state index contributed by atoms with van der Waals surface area (Å²) in [6.07, 6.45) is 1.36. The van der Waals surface area contributed by atoms with E-state index in [1.54, 1.807) is 37.4 Å². The first-order chi connectivity index (χ1) is 17.8. The molecule has 2 aliphatic rings. The molecule has 1 atom stereocenters. The monoisotopic (exact) mass is 502 g/mol. The molecule has 2 aliphatic heterocycles. The lowest BCUT2D eigenvalue weighted by molar-refractivity contribution is -0.385. The molecule has 1 unspecified atom stereocenters. The number of methoxy groups -OCH3 is 2. The summed E-state index contributed by atoms with van der Waals surface area (Å²) < 4.78 is 10.8. The van der Waals surface area contributed by atoms with Crippen LogP contribution in [-0.4, -0.2) is 42.4 Å². The maximum absolute atomic E-state index is 13.1. The Morgan fingerprint density at radius 3 is 2.30 bits per heavy atom. The van der Waals surface area contributed by atoms with Gasteiger partial charge in [-0.1, -0.05) is 6.07 Å². The molecule has 5 rings (SSSR count). The Balaban J connectivity index is 1.55. The summed E-state index contributed by atoms with van der Waals surface area (Å²) >= 11 is 0. The van der Waals surface area contributed by atoms with E-state index in [1.807, 2.05) is 24.0 Å². The first kappa shape index (κ1) is 24.1. The zero-order valence-corrected chi connectivity index (χ0v) is 20.7. The number of hydrogen-bond donors (Lipinski definition) is 2. The van der Waals surface area contributed by atoms with E-state index in [4.69, 9.17) is 9.47 Å². The molecule has 3 aromatic carbocycles. The van der Waals surface area contributed by atoms with Crippen molar-refractivity contribution in [2.24, 2.45) is 0 Å². The number of hydrogen-bond acceptors (Lipinski definition) is 7. The topological polar surface area (TPSA) is 123 Å². The third-order valence-corrected chi connectivity index (χ3v) is 6.89. The molecular weight excluding hydrogens is 476 g/mol. The van der Waals surface area contributed by atoms with Gasteiger partial charge in [0.2, 0.25) is 5.91 Å². The minimum atomic E-state index is -0.495. The lowest BCUT2D eigenvalue weighted by Gasteiger charge is -2.27. The first-order valence-corrected chi connectivity index (χ1v) is 11.9. The van der Waals surface area contributed by atoms with Gasteiger partial charge in [-0.15, -0.1) is 0 Å². The molecule has 0 saturated carbocycles. The Morgan fingerprint density at radius 2 is 1.62 bits per heavy atom. The van der Waals surface area contributed by atoms with E-state index in [2.05, 4.69) is 10.6 Å². The number of nitrogens with zero attached hydrogens (tertiary/aromatic N) is 2. The number of rotatable bonds is 6. The van der Waals surface area contributed by atoms with Crippen molar-refractivity contribution < 1.29 is 24.0 Å². The molecule has 2 amide bonds. The number of anilines is 3. The van der Waals surface area contributed by atoms with Crippen LogP contribution in [0.4, 0.5) is 22.7 Å². The Kier molecular flexibility index (Phi) is 6.16. The summed E-state index contributed by atoms with van der Waals surface area (Å²) in [4.78, 5) is 38.1. The summed E-state index contributed by atoms with van der Waals surface area (Å²) in [5.41, 5.74) is 4.40. The highest BCUT2D eigenvalue weighted by Crippen LogP contribution is 2.42.